The molecule has 0 saturated carbocycles. The van der Waals surface area contributed by atoms with Gasteiger partial charge in [0.25, 0.3) is 0 Å². The van der Waals surface area contributed by atoms with Crippen LogP contribution in [0, 0.1) is 11.8 Å². The molecule has 0 aliphatic carbocycles. The van der Waals surface area contributed by atoms with Gasteiger partial charge in [-0.05, 0) is 42.0 Å². The Hall–Kier alpha value is -0.530. The van der Waals surface area contributed by atoms with Crippen LogP contribution in [0.15, 0.2) is 24.3 Å². The summed E-state index contributed by atoms with van der Waals surface area (Å²) in [5.41, 5.74) is 1.35. The SMILES string of the molecule is CCC(C)C(CNCC(C)C)c1cccc(Cl)c1. The number of benzene rings is 1. The maximum atomic E-state index is 6.10. The Kier molecular flexibility index (Phi) is 6.73. The Morgan fingerprint density at radius 1 is 1.17 bits per heavy atom. The second-order valence-electron chi connectivity index (χ2n) is 5.60. The molecule has 18 heavy (non-hydrogen) atoms. The van der Waals surface area contributed by atoms with Gasteiger partial charge in [-0.3, -0.25) is 0 Å². The van der Waals surface area contributed by atoms with Gasteiger partial charge in [0, 0.05) is 11.6 Å². The fourth-order valence-electron chi connectivity index (χ4n) is 2.20. The van der Waals surface area contributed by atoms with E-state index < -0.39 is 0 Å². The van der Waals surface area contributed by atoms with Gasteiger partial charge in [0.2, 0.25) is 0 Å². The molecule has 0 heterocycles. The highest BCUT2D eigenvalue weighted by Gasteiger charge is 2.18. The van der Waals surface area contributed by atoms with Crippen molar-refractivity contribution in [3.05, 3.63) is 34.9 Å². The molecular formula is C16H26ClN. The van der Waals surface area contributed by atoms with Gasteiger partial charge < -0.3 is 5.32 Å². The summed E-state index contributed by atoms with van der Waals surface area (Å²) in [6, 6.07) is 8.30. The lowest BCUT2D eigenvalue weighted by Gasteiger charge is -2.24. The highest BCUT2D eigenvalue weighted by atomic mass is 35.5. The zero-order valence-corrected chi connectivity index (χ0v) is 12.8. The van der Waals surface area contributed by atoms with Crippen LogP contribution in [0.5, 0.6) is 0 Å². The molecular weight excluding hydrogens is 242 g/mol. The van der Waals surface area contributed by atoms with Crippen LogP contribution < -0.4 is 5.32 Å². The molecule has 0 aliphatic rings. The molecule has 0 aliphatic heterocycles. The van der Waals surface area contributed by atoms with Crippen LogP contribution in [0.4, 0.5) is 0 Å². The summed E-state index contributed by atoms with van der Waals surface area (Å²) in [7, 11) is 0. The molecule has 0 aromatic heterocycles. The van der Waals surface area contributed by atoms with Gasteiger partial charge in [-0.25, -0.2) is 0 Å². The summed E-state index contributed by atoms with van der Waals surface area (Å²) >= 11 is 6.10. The number of nitrogens with one attached hydrogen (secondary N) is 1. The lowest BCUT2D eigenvalue weighted by molar-refractivity contribution is 0.409. The summed E-state index contributed by atoms with van der Waals surface area (Å²) in [6.45, 7) is 11.2. The van der Waals surface area contributed by atoms with Gasteiger partial charge in [0.15, 0.2) is 0 Å². The molecule has 1 aromatic rings. The van der Waals surface area contributed by atoms with E-state index in [2.05, 4.69) is 51.2 Å². The first kappa shape index (κ1) is 15.5. The molecule has 1 aromatic carbocycles. The standard InChI is InChI=1S/C16H26ClN/c1-5-13(4)16(11-18-10-12(2)3)14-7-6-8-15(17)9-14/h6-9,12-13,16,18H,5,10-11H2,1-4H3. The Balaban J connectivity index is 2.72. The lowest BCUT2D eigenvalue weighted by atomic mass is 9.85. The first-order valence-corrected chi connectivity index (χ1v) is 7.38. The number of hydrogen-bond donors (Lipinski definition) is 1. The van der Waals surface area contributed by atoms with Crippen molar-refractivity contribution in [1.29, 1.82) is 0 Å². The number of rotatable bonds is 7. The van der Waals surface area contributed by atoms with Crippen LogP contribution in [0.2, 0.25) is 5.02 Å². The molecule has 0 fully saturated rings. The van der Waals surface area contributed by atoms with Crippen LogP contribution in [0.1, 0.15) is 45.6 Å². The molecule has 2 atom stereocenters. The molecule has 0 radical (unpaired) electrons. The zero-order valence-electron chi connectivity index (χ0n) is 12.0. The minimum atomic E-state index is 0.549. The fourth-order valence-corrected chi connectivity index (χ4v) is 2.40. The summed E-state index contributed by atoms with van der Waals surface area (Å²) in [4.78, 5) is 0. The summed E-state index contributed by atoms with van der Waals surface area (Å²) in [5.74, 6) is 1.91. The van der Waals surface area contributed by atoms with E-state index in [1.165, 1.54) is 12.0 Å². The topological polar surface area (TPSA) is 12.0 Å². The van der Waals surface area contributed by atoms with Crippen molar-refractivity contribution in [2.75, 3.05) is 13.1 Å². The average Bonchev–Trinajstić information content (AvgIpc) is 2.33. The Morgan fingerprint density at radius 2 is 1.89 bits per heavy atom. The van der Waals surface area contributed by atoms with Crippen molar-refractivity contribution in [2.24, 2.45) is 11.8 Å². The summed E-state index contributed by atoms with van der Waals surface area (Å²) in [6.07, 6.45) is 1.19. The second kappa shape index (κ2) is 7.81. The third kappa shape index (κ3) is 4.99. The summed E-state index contributed by atoms with van der Waals surface area (Å²) in [5, 5.41) is 4.41. The highest BCUT2D eigenvalue weighted by molar-refractivity contribution is 6.30. The van der Waals surface area contributed by atoms with E-state index in [9.17, 15) is 0 Å². The van der Waals surface area contributed by atoms with E-state index in [0.717, 1.165) is 18.1 Å². The smallest absolute Gasteiger partial charge is 0.0408 e. The van der Waals surface area contributed by atoms with E-state index in [1.54, 1.807) is 0 Å². The predicted octanol–water partition coefficient (Wildman–Crippen LogP) is 4.72. The maximum Gasteiger partial charge on any atom is 0.0408 e. The molecule has 0 bridgehead atoms. The van der Waals surface area contributed by atoms with Gasteiger partial charge in [0.05, 0.1) is 0 Å². The van der Waals surface area contributed by atoms with Gasteiger partial charge in [-0.2, -0.15) is 0 Å². The van der Waals surface area contributed by atoms with Crippen LogP contribution in [0.3, 0.4) is 0 Å². The molecule has 1 rings (SSSR count). The van der Waals surface area contributed by atoms with Crippen molar-refractivity contribution in [3.63, 3.8) is 0 Å². The monoisotopic (exact) mass is 267 g/mol. The van der Waals surface area contributed by atoms with E-state index >= 15 is 0 Å². The van der Waals surface area contributed by atoms with Crippen molar-refractivity contribution in [1.82, 2.24) is 5.32 Å². The first-order valence-electron chi connectivity index (χ1n) is 7.00. The number of hydrogen-bond acceptors (Lipinski definition) is 1. The minimum Gasteiger partial charge on any atom is -0.316 e. The highest BCUT2D eigenvalue weighted by Crippen LogP contribution is 2.28. The second-order valence-corrected chi connectivity index (χ2v) is 6.04. The molecule has 0 amide bonds. The maximum absolute atomic E-state index is 6.10. The van der Waals surface area contributed by atoms with E-state index in [4.69, 9.17) is 11.6 Å². The van der Waals surface area contributed by atoms with Crippen LogP contribution >= 0.6 is 11.6 Å². The predicted molar refractivity (Wildman–Crippen MR) is 81.4 cm³/mol. The van der Waals surface area contributed by atoms with Crippen LogP contribution in [-0.4, -0.2) is 13.1 Å². The van der Waals surface area contributed by atoms with Gasteiger partial charge in [0.1, 0.15) is 0 Å². The van der Waals surface area contributed by atoms with Gasteiger partial charge in [-0.1, -0.05) is 57.8 Å². The largest absolute Gasteiger partial charge is 0.316 e. The lowest BCUT2D eigenvalue weighted by Crippen LogP contribution is -2.28. The number of halogens is 1. The van der Waals surface area contributed by atoms with Crippen molar-refractivity contribution >= 4 is 11.6 Å². The molecule has 0 spiro atoms. The Labute approximate surface area is 117 Å². The Morgan fingerprint density at radius 3 is 2.44 bits per heavy atom. The molecule has 1 N–H and O–H groups in total. The van der Waals surface area contributed by atoms with Gasteiger partial charge >= 0.3 is 0 Å². The van der Waals surface area contributed by atoms with E-state index in [0.29, 0.717) is 17.8 Å². The van der Waals surface area contributed by atoms with Crippen molar-refractivity contribution in [3.8, 4) is 0 Å². The van der Waals surface area contributed by atoms with Crippen molar-refractivity contribution < 1.29 is 0 Å². The molecule has 2 unspecified atom stereocenters. The first-order chi connectivity index (χ1) is 8.54. The Bertz CT molecular complexity index is 349. The van der Waals surface area contributed by atoms with E-state index in [1.807, 2.05) is 6.07 Å². The molecule has 2 heteroatoms. The summed E-state index contributed by atoms with van der Waals surface area (Å²) < 4.78 is 0. The van der Waals surface area contributed by atoms with E-state index in [-0.39, 0.29) is 0 Å². The third-order valence-corrected chi connectivity index (χ3v) is 3.76. The van der Waals surface area contributed by atoms with Crippen molar-refractivity contribution in [2.45, 2.75) is 40.0 Å². The quantitative estimate of drug-likeness (QED) is 0.754. The normalized spacial score (nSPS) is 14.8. The van der Waals surface area contributed by atoms with Gasteiger partial charge in [-0.15, -0.1) is 0 Å². The molecule has 102 valence electrons. The fraction of sp³-hybridized carbons (Fsp3) is 0.625. The van der Waals surface area contributed by atoms with Crippen LogP contribution in [0.25, 0.3) is 0 Å². The molecule has 1 nitrogen and oxygen atoms in total. The third-order valence-electron chi connectivity index (χ3n) is 3.52. The minimum absolute atomic E-state index is 0.549. The molecule has 0 saturated heterocycles. The van der Waals surface area contributed by atoms with Crippen LogP contribution in [-0.2, 0) is 0 Å². The average molecular weight is 268 g/mol. The zero-order chi connectivity index (χ0) is 13.5.